The van der Waals surface area contributed by atoms with E-state index in [0.29, 0.717) is 11.5 Å². The second kappa shape index (κ2) is 13.1. The van der Waals surface area contributed by atoms with Gasteiger partial charge in [-0.15, -0.1) is 0 Å². The predicted molar refractivity (Wildman–Crippen MR) is 124 cm³/mol. The number of esters is 1. The molecule has 1 N–H and O–H groups in total. The molecule has 32 heavy (non-hydrogen) atoms. The maximum absolute atomic E-state index is 12.0. The first-order valence-corrected chi connectivity index (χ1v) is 11.0. The molecule has 3 rings (SSSR count). The van der Waals surface area contributed by atoms with Gasteiger partial charge in [0.1, 0.15) is 12.2 Å². The molecule has 2 aromatic rings. The first-order chi connectivity index (χ1) is 15.7. The highest BCUT2D eigenvalue weighted by Crippen LogP contribution is 2.33. The van der Waals surface area contributed by atoms with Gasteiger partial charge >= 0.3 is 5.97 Å². The molecule has 1 aromatic heterocycles. The fraction of sp³-hybridized carbons (Fsp3) is 0.400. The molecule has 1 atom stereocenters. The van der Waals surface area contributed by atoms with E-state index in [0.717, 1.165) is 36.8 Å². The second-order valence-electron chi connectivity index (χ2n) is 6.94. The molecule has 1 saturated carbocycles. The zero-order chi connectivity index (χ0) is 23.3. The number of aromatic nitrogens is 1. The number of oxime groups is 1. The van der Waals surface area contributed by atoms with Crippen LogP contribution in [-0.4, -0.2) is 29.1 Å². The van der Waals surface area contributed by atoms with Gasteiger partial charge in [-0.2, -0.15) is 0 Å². The summed E-state index contributed by atoms with van der Waals surface area (Å²) in [5.41, 5.74) is 2.16. The monoisotopic (exact) mass is 440 g/mol. The van der Waals surface area contributed by atoms with Crippen LogP contribution in [0.2, 0.25) is 0 Å². The number of ether oxygens (including phenoxy) is 2. The normalized spacial score (nSPS) is 14.6. The Morgan fingerprint density at radius 1 is 1.22 bits per heavy atom. The topological polar surface area (TPSA) is 90.2 Å². The first kappa shape index (κ1) is 24.9. The van der Waals surface area contributed by atoms with Gasteiger partial charge in [0.15, 0.2) is 6.10 Å². The maximum Gasteiger partial charge on any atom is 0.341 e. The quantitative estimate of drug-likeness (QED) is 0.137. The minimum absolute atomic E-state index is 0.0686. The summed E-state index contributed by atoms with van der Waals surface area (Å²) < 4.78 is 10.7. The van der Waals surface area contributed by atoms with E-state index in [9.17, 15) is 9.90 Å². The molecule has 1 aromatic carbocycles. The van der Waals surface area contributed by atoms with Crippen LogP contribution in [-0.2, 0) is 25.7 Å². The highest BCUT2D eigenvalue weighted by molar-refractivity contribution is 6.16. The van der Waals surface area contributed by atoms with E-state index in [4.69, 9.17) is 14.3 Å². The van der Waals surface area contributed by atoms with Crippen molar-refractivity contribution in [3.8, 4) is 0 Å². The van der Waals surface area contributed by atoms with Gasteiger partial charge in [0.2, 0.25) is 5.90 Å². The van der Waals surface area contributed by atoms with E-state index in [1.807, 2.05) is 51.1 Å². The number of aliphatic hydroxyl groups excluding tert-OH is 1. The average Bonchev–Trinajstić information content (AvgIpc) is 3.70. The van der Waals surface area contributed by atoms with Crippen molar-refractivity contribution in [3.63, 3.8) is 0 Å². The minimum atomic E-state index is -0.620. The van der Waals surface area contributed by atoms with Gasteiger partial charge in [0.05, 0.1) is 19.1 Å². The number of rotatable bonds is 9. The largest absolute Gasteiger partial charge is 0.515 e. The number of carbonyl (C=O) groups is 1. The Morgan fingerprint density at radius 2 is 1.94 bits per heavy atom. The fourth-order valence-corrected chi connectivity index (χ4v) is 2.97. The van der Waals surface area contributed by atoms with Gasteiger partial charge in [-0.25, -0.2) is 4.79 Å². The third-order valence-electron chi connectivity index (χ3n) is 4.80. The van der Waals surface area contributed by atoms with Crippen LogP contribution in [0.3, 0.4) is 0 Å². The third-order valence-corrected chi connectivity index (χ3v) is 4.80. The van der Waals surface area contributed by atoms with Gasteiger partial charge in [0, 0.05) is 12.1 Å². The molecule has 1 aliphatic rings. The summed E-state index contributed by atoms with van der Waals surface area (Å²) in [5, 5.41) is 13.8. The van der Waals surface area contributed by atoms with Gasteiger partial charge < -0.3 is 19.4 Å². The number of hydrogen-bond donors (Lipinski definition) is 1. The molecule has 7 heteroatoms. The van der Waals surface area contributed by atoms with Crippen molar-refractivity contribution in [2.75, 3.05) is 7.11 Å². The third kappa shape index (κ3) is 6.83. The lowest BCUT2D eigenvalue weighted by atomic mass is 10.0. The van der Waals surface area contributed by atoms with Crippen LogP contribution in [0.1, 0.15) is 63.0 Å². The smallest absolute Gasteiger partial charge is 0.341 e. The van der Waals surface area contributed by atoms with Crippen LogP contribution in [0.15, 0.2) is 60.1 Å². The summed E-state index contributed by atoms with van der Waals surface area (Å²) in [6.45, 7) is 6.20. The molecule has 0 radical (unpaired) electrons. The lowest BCUT2D eigenvalue weighted by Gasteiger charge is -2.15. The number of methoxy groups -OCH3 is 1. The summed E-state index contributed by atoms with van der Waals surface area (Å²) in [6.07, 6.45) is 4.95. The summed E-state index contributed by atoms with van der Waals surface area (Å²) >= 11 is 0. The van der Waals surface area contributed by atoms with E-state index < -0.39 is 5.97 Å². The number of hydrogen-bond acceptors (Lipinski definition) is 7. The van der Waals surface area contributed by atoms with Crippen molar-refractivity contribution < 1.29 is 24.2 Å². The van der Waals surface area contributed by atoms with Crippen molar-refractivity contribution in [2.45, 2.75) is 52.7 Å². The van der Waals surface area contributed by atoms with Gasteiger partial charge in [-0.3, -0.25) is 4.98 Å². The Bertz CT molecular complexity index is 908. The van der Waals surface area contributed by atoms with Crippen LogP contribution in [0, 0.1) is 5.92 Å². The average molecular weight is 441 g/mol. The van der Waals surface area contributed by atoms with Gasteiger partial charge in [-0.1, -0.05) is 56.3 Å². The van der Waals surface area contributed by atoms with Gasteiger partial charge in [-0.05, 0) is 42.5 Å². The second-order valence-corrected chi connectivity index (χ2v) is 6.94. The Balaban J connectivity index is 0.00000176. The summed E-state index contributed by atoms with van der Waals surface area (Å²) in [5.74, 6) is 0.143. The molecule has 1 unspecified atom stereocenters. The highest BCUT2D eigenvalue weighted by Gasteiger charge is 2.31. The summed E-state index contributed by atoms with van der Waals surface area (Å²) in [7, 11) is 1.27. The van der Waals surface area contributed by atoms with Crippen molar-refractivity contribution >= 4 is 17.4 Å². The first-order valence-electron chi connectivity index (χ1n) is 11.0. The molecule has 1 aliphatic carbocycles. The standard InChI is InChI=1S/C23H26N2O5.C2H6/c1-3-21(20-10-6-7-13-24-20)30-25-22(16-11-12-16)29-15-17-8-4-5-9-18(17)19(14-26)23(27)28-2;1-2/h4-10,13-14,16,21,26H,3,11-12,15H2,1-2H3;1-2H3/b19-14+,25-22+;. The Hall–Kier alpha value is -3.35. The summed E-state index contributed by atoms with van der Waals surface area (Å²) in [4.78, 5) is 22.1. The number of carbonyl (C=O) groups excluding carboxylic acids is 1. The molecular weight excluding hydrogens is 408 g/mol. The number of aliphatic hydroxyl groups is 1. The van der Waals surface area contributed by atoms with Crippen molar-refractivity contribution in [1.82, 2.24) is 4.98 Å². The molecule has 7 nitrogen and oxygen atoms in total. The molecule has 1 heterocycles. The lowest BCUT2D eigenvalue weighted by Crippen LogP contribution is -2.12. The van der Waals surface area contributed by atoms with E-state index in [1.165, 1.54) is 7.11 Å². The van der Waals surface area contributed by atoms with Crippen LogP contribution >= 0.6 is 0 Å². The van der Waals surface area contributed by atoms with Gasteiger partial charge in [0.25, 0.3) is 0 Å². The molecule has 1 fully saturated rings. The van der Waals surface area contributed by atoms with Crippen molar-refractivity contribution in [3.05, 3.63) is 71.7 Å². The number of nitrogens with zero attached hydrogens (tertiary/aromatic N) is 2. The molecule has 0 bridgehead atoms. The zero-order valence-corrected chi connectivity index (χ0v) is 19.2. The molecule has 0 amide bonds. The molecule has 0 spiro atoms. The molecule has 0 saturated heterocycles. The molecule has 172 valence electrons. The number of pyridine rings is 1. The van der Waals surface area contributed by atoms with E-state index >= 15 is 0 Å². The van der Waals surface area contributed by atoms with E-state index in [-0.39, 0.29) is 24.2 Å². The summed E-state index contributed by atoms with van der Waals surface area (Å²) in [6, 6.07) is 12.9. The van der Waals surface area contributed by atoms with Crippen molar-refractivity contribution in [2.24, 2.45) is 11.1 Å². The Kier molecular flexibility index (Phi) is 10.2. The zero-order valence-electron chi connectivity index (χ0n) is 19.2. The van der Waals surface area contributed by atoms with E-state index in [1.54, 1.807) is 18.3 Å². The highest BCUT2D eigenvalue weighted by atomic mass is 16.7. The molecule has 0 aliphatic heterocycles. The predicted octanol–water partition coefficient (Wildman–Crippen LogP) is 5.59. The fourth-order valence-electron chi connectivity index (χ4n) is 2.97. The Labute approximate surface area is 189 Å². The maximum atomic E-state index is 12.0. The lowest BCUT2D eigenvalue weighted by molar-refractivity contribution is -0.133. The Morgan fingerprint density at radius 3 is 2.53 bits per heavy atom. The molecular formula is C25H32N2O5. The van der Waals surface area contributed by atoms with Crippen LogP contribution in [0.5, 0.6) is 0 Å². The van der Waals surface area contributed by atoms with E-state index in [2.05, 4.69) is 10.1 Å². The van der Waals surface area contributed by atoms with Crippen molar-refractivity contribution in [1.29, 1.82) is 0 Å². The van der Waals surface area contributed by atoms with Crippen LogP contribution in [0.4, 0.5) is 0 Å². The minimum Gasteiger partial charge on any atom is -0.515 e. The SMILES string of the molecule is CC.CCC(O/N=C(/OCc1ccccc1/C(=C\O)C(=O)OC)C1CC1)c1ccccn1. The number of benzene rings is 1. The van der Waals surface area contributed by atoms with Crippen LogP contribution in [0.25, 0.3) is 5.57 Å². The van der Waals surface area contributed by atoms with Crippen LogP contribution < -0.4 is 0 Å².